The van der Waals surface area contributed by atoms with Gasteiger partial charge in [-0.25, -0.2) is 0 Å². The molecule has 0 amide bonds. The minimum Gasteiger partial charge on any atom is -0.493 e. The van der Waals surface area contributed by atoms with Gasteiger partial charge in [-0.2, -0.15) is 0 Å². The Morgan fingerprint density at radius 1 is 0.962 bits per heavy atom. The molecule has 0 N–H and O–H groups in total. The third kappa shape index (κ3) is 5.35. The Bertz CT molecular complexity index is 664. The molecule has 0 aromatic heterocycles. The summed E-state index contributed by atoms with van der Waals surface area (Å²) >= 11 is 0. The van der Waals surface area contributed by atoms with Gasteiger partial charge in [-0.1, -0.05) is 55.8 Å². The van der Waals surface area contributed by atoms with Crippen LogP contribution in [0.3, 0.4) is 0 Å². The van der Waals surface area contributed by atoms with Crippen molar-refractivity contribution in [2.24, 2.45) is 0 Å². The number of hydrogen-bond donors (Lipinski definition) is 0. The summed E-state index contributed by atoms with van der Waals surface area (Å²) in [7, 11) is 2.25. The highest BCUT2D eigenvalue weighted by atomic mass is 16.5. The minimum atomic E-state index is 0.688. The monoisotopic (exact) mass is 351 g/mol. The van der Waals surface area contributed by atoms with Crippen LogP contribution in [0.5, 0.6) is 5.75 Å². The summed E-state index contributed by atoms with van der Waals surface area (Å²) in [5, 5.41) is 0. The summed E-state index contributed by atoms with van der Waals surface area (Å²) in [6, 6.07) is 18.3. The van der Waals surface area contributed by atoms with Gasteiger partial charge in [-0.3, -0.25) is 0 Å². The molecule has 2 aromatic carbocycles. The molecule has 1 unspecified atom stereocenters. The zero-order valence-corrected chi connectivity index (χ0v) is 16.4. The number of hydrogen-bond acceptors (Lipinski definition) is 2. The van der Waals surface area contributed by atoms with Gasteiger partial charge in [0.1, 0.15) is 5.75 Å². The van der Waals surface area contributed by atoms with Crippen LogP contribution >= 0.6 is 0 Å². The second kappa shape index (κ2) is 9.78. The van der Waals surface area contributed by atoms with Gasteiger partial charge in [-0.05, 0) is 74.9 Å². The molecule has 1 aliphatic heterocycles. The lowest BCUT2D eigenvalue weighted by atomic mass is 10.0. The number of likely N-dealkylation sites (tertiary alicyclic amines) is 1. The van der Waals surface area contributed by atoms with E-state index in [0.29, 0.717) is 6.04 Å². The van der Waals surface area contributed by atoms with E-state index in [2.05, 4.69) is 67.4 Å². The molecule has 0 bridgehead atoms. The second-order valence-electron chi connectivity index (χ2n) is 7.55. The zero-order chi connectivity index (χ0) is 18.2. The van der Waals surface area contributed by atoms with Gasteiger partial charge in [0, 0.05) is 6.04 Å². The average molecular weight is 352 g/mol. The lowest BCUT2D eigenvalue weighted by Gasteiger charge is -2.32. The van der Waals surface area contributed by atoms with E-state index < -0.39 is 0 Å². The Hall–Kier alpha value is -1.80. The van der Waals surface area contributed by atoms with Crippen LogP contribution < -0.4 is 4.74 Å². The first kappa shape index (κ1) is 19.0. The van der Waals surface area contributed by atoms with E-state index in [1.165, 1.54) is 42.5 Å². The number of piperidine rings is 1. The molecule has 1 fully saturated rings. The molecule has 140 valence electrons. The van der Waals surface area contributed by atoms with Gasteiger partial charge in [0.05, 0.1) is 6.61 Å². The van der Waals surface area contributed by atoms with E-state index >= 15 is 0 Å². The smallest absolute Gasteiger partial charge is 0.122 e. The molecule has 1 aliphatic rings. The predicted octanol–water partition coefficient (Wildman–Crippen LogP) is 5.29. The summed E-state index contributed by atoms with van der Waals surface area (Å²) in [5.41, 5.74) is 4.13. The molecule has 0 radical (unpaired) electrons. The van der Waals surface area contributed by atoms with Crippen molar-refractivity contribution in [2.75, 3.05) is 20.2 Å². The normalized spacial score (nSPS) is 18.0. The van der Waals surface area contributed by atoms with Crippen LogP contribution in [0.25, 0.3) is 0 Å². The minimum absolute atomic E-state index is 0.688. The Morgan fingerprint density at radius 2 is 1.73 bits per heavy atom. The largest absolute Gasteiger partial charge is 0.493 e. The highest BCUT2D eigenvalue weighted by Crippen LogP contribution is 2.22. The molecule has 1 heterocycles. The highest BCUT2D eigenvalue weighted by molar-refractivity contribution is 5.34. The summed E-state index contributed by atoms with van der Waals surface area (Å²) in [6.45, 7) is 4.25. The lowest BCUT2D eigenvalue weighted by Crippen LogP contribution is -2.37. The van der Waals surface area contributed by atoms with E-state index in [0.717, 1.165) is 38.0 Å². The van der Waals surface area contributed by atoms with Crippen LogP contribution in [0, 0.1) is 0 Å². The zero-order valence-electron chi connectivity index (χ0n) is 16.4. The van der Waals surface area contributed by atoms with Crippen molar-refractivity contribution in [3.8, 4) is 5.75 Å². The first-order chi connectivity index (χ1) is 12.8. The van der Waals surface area contributed by atoms with Gasteiger partial charge in [-0.15, -0.1) is 0 Å². The van der Waals surface area contributed by atoms with Crippen molar-refractivity contribution in [1.82, 2.24) is 4.90 Å². The predicted molar refractivity (Wildman–Crippen MR) is 110 cm³/mol. The summed E-state index contributed by atoms with van der Waals surface area (Å²) < 4.78 is 6.19. The third-order valence-electron chi connectivity index (χ3n) is 5.72. The number of nitrogens with zero attached hydrogens (tertiary/aromatic N) is 1. The van der Waals surface area contributed by atoms with Gasteiger partial charge >= 0.3 is 0 Å². The average Bonchev–Trinajstić information content (AvgIpc) is 2.69. The van der Waals surface area contributed by atoms with Crippen molar-refractivity contribution in [2.45, 2.75) is 57.9 Å². The van der Waals surface area contributed by atoms with E-state index in [4.69, 9.17) is 4.74 Å². The summed E-state index contributed by atoms with van der Waals surface area (Å²) in [5.74, 6) is 1.07. The molecule has 1 atom stereocenters. The number of aryl methyl sites for hydroxylation is 3. The molecule has 2 aromatic rings. The molecule has 26 heavy (non-hydrogen) atoms. The first-order valence-electron chi connectivity index (χ1n) is 10.2. The van der Waals surface area contributed by atoms with E-state index in [-0.39, 0.29) is 0 Å². The van der Waals surface area contributed by atoms with Crippen molar-refractivity contribution in [3.63, 3.8) is 0 Å². The van der Waals surface area contributed by atoms with Crippen molar-refractivity contribution < 1.29 is 4.74 Å². The van der Waals surface area contributed by atoms with Crippen molar-refractivity contribution in [3.05, 3.63) is 65.2 Å². The number of para-hydroxylation sites is 1. The first-order valence-corrected chi connectivity index (χ1v) is 10.2. The second-order valence-corrected chi connectivity index (χ2v) is 7.55. The molecule has 2 nitrogen and oxygen atoms in total. The number of ether oxygens (including phenoxy) is 1. The quantitative estimate of drug-likeness (QED) is 0.641. The van der Waals surface area contributed by atoms with Crippen molar-refractivity contribution in [1.29, 1.82) is 0 Å². The van der Waals surface area contributed by atoms with Crippen molar-refractivity contribution >= 4 is 0 Å². The van der Waals surface area contributed by atoms with Gasteiger partial charge < -0.3 is 9.64 Å². The van der Waals surface area contributed by atoms with Crippen LogP contribution in [0.1, 0.15) is 49.3 Å². The molecular weight excluding hydrogens is 318 g/mol. The van der Waals surface area contributed by atoms with Gasteiger partial charge in [0.15, 0.2) is 0 Å². The Morgan fingerprint density at radius 3 is 2.50 bits per heavy atom. The third-order valence-corrected chi connectivity index (χ3v) is 5.72. The molecule has 0 spiro atoms. The molecule has 0 aliphatic carbocycles. The molecule has 1 saturated heterocycles. The van der Waals surface area contributed by atoms with Crippen LogP contribution in [0.15, 0.2) is 48.5 Å². The highest BCUT2D eigenvalue weighted by Gasteiger charge is 2.18. The van der Waals surface area contributed by atoms with E-state index in [9.17, 15) is 0 Å². The molecular formula is C24H33NO. The van der Waals surface area contributed by atoms with E-state index in [1.807, 2.05) is 0 Å². The standard InChI is InChI=1S/C24H33NO/c1-3-20-11-13-21(14-12-20)15-16-22-8-4-5-10-24(22)26-19-17-23-9-6-7-18-25(23)2/h4-5,8,10-14,23H,3,6-7,9,15-19H2,1-2H3. The Balaban J connectivity index is 1.52. The van der Waals surface area contributed by atoms with E-state index in [1.54, 1.807) is 0 Å². The SMILES string of the molecule is CCc1ccc(CCc2ccccc2OCCC2CCCCN2C)cc1. The maximum atomic E-state index is 6.19. The lowest BCUT2D eigenvalue weighted by molar-refractivity contribution is 0.153. The molecule has 3 rings (SSSR count). The maximum Gasteiger partial charge on any atom is 0.122 e. The summed E-state index contributed by atoms with van der Waals surface area (Å²) in [4.78, 5) is 2.50. The number of benzene rings is 2. The fourth-order valence-corrected chi connectivity index (χ4v) is 3.89. The van der Waals surface area contributed by atoms with Crippen LogP contribution in [-0.2, 0) is 19.3 Å². The van der Waals surface area contributed by atoms with Gasteiger partial charge in [0.2, 0.25) is 0 Å². The Kier molecular flexibility index (Phi) is 7.13. The van der Waals surface area contributed by atoms with Crippen LogP contribution in [0.2, 0.25) is 0 Å². The molecule has 2 heteroatoms. The van der Waals surface area contributed by atoms with Gasteiger partial charge in [0.25, 0.3) is 0 Å². The maximum absolute atomic E-state index is 6.19. The Labute approximate surface area is 159 Å². The van der Waals surface area contributed by atoms with Crippen LogP contribution in [0.4, 0.5) is 0 Å². The topological polar surface area (TPSA) is 12.5 Å². The molecule has 0 saturated carbocycles. The number of rotatable bonds is 8. The summed E-state index contributed by atoms with van der Waals surface area (Å²) in [6.07, 6.45) is 8.35. The van der Waals surface area contributed by atoms with Crippen LogP contribution in [-0.4, -0.2) is 31.1 Å². The fraction of sp³-hybridized carbons (Fsp3) is 0.500. The fourth-order valence-electron chi connectivity index (χ4n) is 3.89.